The Morgan fingerprint density at radius 2 is 2.17 bits per heavy atom. The normalized spacial score (nSPS) is 12.2. The fraction of sp³-hybridized carbons (Fsp3) is 0.750. The monoisotopic (exact) mass is 172 g/mol. The van der Waals surface area contributed by atoms with E-state index in [9.17, 15) is 9.59 Å². The maximum Gasteiger partial charge on any atom is 0.221 e. The Kier molecular flexibility index (Phi) is 6.28. The maximum atomic E-state index is 11.3. The van der Waals surface area contributed by atoms with Gasteiger partial charge in [0.2, 0.25) is 6.41 Å². The summed E-state index contributed by atoms with van der Waals surface area (Å²) in [6, 6.07) is -0.241. The average Bonchev–Trinajstić information content (AvgIpc) is 2.06. The van der Waals surface area contributed by atoms with Crippen molar-refractivity contribution in [2.45, 2.75) is 39.2 Å². The van der Waals surface area contributed by atoms with Gasteiger partial charge in [-0.3, -0.25) is 15.0 Å². The van der Waals surface area contributed by atoms with Crippen molar-refractivity contribution in [3.63, 3.8) is 0 Å². The van der Waals surface area contributed by atoms with Gasteiger partial charge in [0, 0.05) is 6.42 Å². The summed E-state index contributed by atoms with van der Waals surface area (Å²) in [5.41, 5.74) is 4.92. The van der Waals surface area contributed by atoms with Crippen molar-refractivity contribution in [2.75, 3.05) is 0 Å². The van der Waals surface area contributed by atoms with E-state index in [0.29, 0.717) is 19.3 Å². The Balaban J connectivity index is 3.78. The molecule has 0 aliphatic heterocycles. The van der Waals surface area contributed by atoms with Gasteiger partial charge in [0.05, 0.1) is 6.04 Å². The molecule has 1 atom stereocenters. The van der Waals surface area contributed by atoms with E-state index in [1.54, 1.807) is 0 Å². The van der Waals surface area contributed by atoms with Gasteiger partial charge in [-0.05, 0) is 12.8 Å². The molecule has 1 amide bonds. The molecular formula is C8H16N2O2. The van der Waals surface area contributed by atoms with E-state index < -0.39 is 0 Å². The van der Waals surface area contributed by atoms with Gasteiger partial charge in [0.15, 0.2) is 5.78 Å². The number of hydrogen-bond acceptors (Lipinski definition) is 3. The molecule has 0 radical (unpaired) electrons. The number of nitrogens with one attached hydrogen (secondary N) is 2. The van der Waals surface area contributed by atoms with Gasteiger partial charge in [-0.15, -0.1) is 0 Å². The van der Waals surface area contributed by atoms with Crippen LogP contribution < -0.4 is 10.9 Å². The lowest BCUT2D eigenvalue weighted by atomic mass is 10.1. The number of ketones is 1. The van der Waals surface area contributed by atoms with Crippen LogP contribution in [0.25, 0.3) is 0 Å². The van der Waals surface area contributed by atoms with Crippen LogP contribution in [0.2, 0.25) is 0 Å². The predicted molar refractivity (Wildman–Crippen MR) is 46.3 cm³/mol. The number of rotatable bonds is 7. The highest BCUT2D eigenvalue weighted by Gasteiger charge is 2.13. The van der Waals surface area contributed by atoms with Gasteiger partial charge in [0.1, 0.15) is 0 Å². The highest BCUT2D eigenvalue weighted by molar-refractivity contribution is 5.83. The first-order chi connectivity index (χ1) is 5.76. The molecule has 0 fully saturated rings. The number of carbonyl (C=O) groups excluding carboxylic acids is 2. The number of Topliss-reactive ketones (excluding diaryl/α,β-unsaturated/α-hetero) is 1. The summed E-state index contributed by atoms with van der Waals surface area (Å²) in [6.45, 7) is 3.86. The Morgan fingerprint density at radius 1 is 1.50 bits per heavy atom. The Hall–Kier alpha value is -0.900. The van der Waals surface area contributed by atoms with E-state index in [1.165, 1.54) is 0 Å². The van der Waals surface area contributed by atoms with Gasteiger partial charge < -0.3 is 0 Å². The van der Waals surface area contributed by atoms with Crippen molar-refractivity contribution in [1.29, 1.82) is 0 Å². The molecule has 0 bridgehead atoms. The minimum Gasteiger partial charge on any atom is -0.298 e. The lowest BCUT2D eigenvalue weighted by Crippen LogP contribution is -2.44. The minimum absolute atomic E-state index is 0.148. The predicted octanol–water partition coefficient (Wildman–Crippen LogP) is 0.385. The van der Waals surface area contributed by atoms with Gasteiger partial charge >= 0.3 is 0 Å². The molecule has 0 aliphatic rings. The molecule has 0 saturated carbocycles. The van der Waals surface area contributed by atoms with Crippen LogP contribution in [0.1, 0.15) is 33.1 Å². The molecule has 70 valence electrons. The van der Waals surface area contributed by atoms with Gasteiger partial charge in [-0.2, -0.15) is 0 Å². The second kappa shape index (κ2) is 6.79. The minimum atomic E-state index is -0.241. The topological polar surface area (TPSA) is 58.2 Å². The molecule has 0 aromatic heterocycles. The first kappa shape index (κ1) is 11.1. The quantitative estimate of drug-likeness (QED) is 0.431. The smallest absolute Gasteiger partial charge is 0.221 e. The van der Waals surface area contributed by atoms with Gasteiger partial charge in [-0.1, -0.05) is 13.8 Å². The Labute approximate surface area is 72.7 Å². The van der Waals surface area contributed by atoms with Crippen molar-refractivity contribution < 1.29 is 9.59 Å². The number of hydrogen-bond donors (Lipinski definition) is 2. The average molecular weight is 172 g/mol. The van der Waals surface area contributed by atoms with E-state index in [0.717, 1.165) is 6.42 Å². The number of hydrazine groups is 1. The highest BCUT2D eigenvalue weighted by atomic mass is 16.1. The molecule has 1 unspecified atom stereocenters. The molecule has 4 heteroatoms. The number of amides is 1. The van der Waals surface area contributed by atoms with E-state index in [-0.39, 0.29) is 11.8 Å². The maximum absolute atomic E-state index is 11.3. The third kappa shape index (κ3) is 4.08. The summed E-state index contributed by atoms with van der Waals surface area (Å²) in [6.07, 6.45) is 2.63. The molecule has 0 aromatic rings. The Morgan fingerprint density at radius 3 is 2.58 bits per heavy atom. The largest absolute Gasteiger partial charge is 0.298 e. The first-order valence-corrected chi connectivity index (χ1v) is 4.23. The lowest BCUT2D eigenvalue weighted by molar-refractivity contribution is -0.121. The third-order valence-electron chi connectivity index (χ3n) is 1.61. The zero-order valence-corrected chi connectivity index (χ0v) is 7.59. The molecule has 0 aromatic carbocycles. The molecule has 0 saturated heterocycles. The van der Waals surface area contributed by atoms with Crippen molar-refractivity contribution in [3.8, 4) is 0 Å². The van der Waals surface area contributed by atoms with E-state index in [4.69, 9.17) is 0 Å². The van der Waals surface area contributed by atoms with Crippen molar-refractivity contribution in [1.82, 2.24) is 10.9 Å². The van der Waals surface area contributed by atoms with Crippen LogP contribution in [0.4, 0.5) is 0 Å². The second-order valence-corrected chi connectivity index (χ2v) is 2.58. The third-order valence-corrected chi connectivity index (χ3v) is 1.61. The standard InChI is InChI=1S/C8H16N2O2/c1-3-5-8(12)7(4-2)10-9-6-11/h6-7,10H,3-5H2,1-2H3,(H,9,11). The molecule has 0 rings (SSSR count). The van der Waals surface area contributed by atoms with Crippen LogP contribution in [0.5, 0.6) is 0 Å². The van der Waals surface area contributed by atoms with Crippen LogP contribution in [-0.4, -0.2) is 18.2 Å². The van der Waals surface area contributed by atoms with Crippen LogP contribution in [0.15, 0.2) is 0 Å². The van der Waals surface area contributed by atoms with Crippen LogP contribution in [0, 0.1) is 0 Å². The van der Waals surface area contributed by atoms with Crippen molar-refractivity contribution in [2.24, 2.45) is 0 Å². The van der Waals surface area contributed by atoms with E-state index in [1.807, 2.05) is 13.8 Å². The molecular weight excluding hydrogens is 156 g/mol. The van der Waals surface area contributed by atoms with Crippen LogP contribution >= 0.6 is 0 Å². The van der Waals surface area contributed by atoms with Crippen LogP contribution in [-0.2, 0) is 9.59 Å². The fourth-order valence-corrected chi connectivity index (χ4v) is 0.965. The number of carbonyl (C=O) groups is 2. The SMILES string of the molecule is CCCC(=O)C(CC)NNC=O. The lowest BCUT2D eigenvalue weighted by Gasteiger charge is -2.13. The first-order valence-electron chi connectivity index (χ1n) is 4.23. The molecule has 4 nitrogen and oxygen atoms in total. The summed E-state index contributed by atoms with van der Waals surface area (Å²) >= 11 is 0. The summed E-state index contributed by atoms with van der Waals surface area (Å²) in [4.78, 5) is 21.2. The zero-order chi connectivity index (χ0) is 9.40. The Bertz CT molecular complexity index is 148. The summed E-state index contributed by atoms with van der Waals surface area (Å²) in [7, 11) is 0. The van der Waals surface area contributed by atoms with E-state index in [2.05, 4.69) is 10.9 Å². The molecule has 0 spiro atoms. The van der Waals surface area contributed by atoms with E-state index >= 15 is 0 Å². The molecule has 2 N–H and O–H groups in total. The molecule has 0 aliphatic carbocycles. The molecule has 12 heavy (non-hydrogen) atoms. The second-order valence-electron chi connectivity index (χ2n) is 2.58. The molecule has 0 heterocycles. The summed E-state index contributed by atoms with van der Waals surface area (Å²) in [5.74, 6) is 0.148. The zero-order valence-electron chi connectivity index (χ0n) is 7.59. The van der Waals surface area contributed by atoms with Crippen molar-refractivity contribution in [3.05, 3.63) is 0 Å². The van der Waals surface area contributed by atoms with Crippen molar-refractivity contribution >= 4 is 12.2 Å². The van der Waals surface area contributed by atoms with Crippen LogP contribution in [0.3, 0.4) is 0 Å². The summed E-state index contributed by atoms with van der Waals surface area (Å²) < 4.78 is 0. The fourth-order valence-electron chi connectivity index (χ4n) is 0.965. The van der Waals surface area contributed by atoms with Gasteiger partial charge in [-0.25, -0.2) is 5.43 Å². The van der Waals surface area contributed by atoms with Gasteiger partial charge in [0.25, 0.3) is 0 Å². The summed E-state index contributed by atoms with van der Waals surface area (Å²) in [5, 5.41) is 0. The highest BCUT2D eigenvalue weighted by Crippen LogP contribution is 1.98.